The van der Waals surface area contributed by atoms with Gasteiger partial charge in [-0.15, -0.1) is 0 Å². The number of ether oxygens (including phenoxy) is 2. The van der Waals surface area contributed by atoms with Crippen LogP contribution in [0.25, 0.3) is 0 Å². The smallest absolute Gasteiger partial charge is 0.243 e. The highest BCUT2D eigenvalue weighted by atomic mass is 32.2. The second-order valence-electron chi connectivity index (χ2n) is 5.48. The lowest BCUT2D eigenvalue weighted by atomic mass is 10.1. The van der Waals surface area contributed by atoms with Crippen molar-refractivity contribution in [3.63, 3.8) is 0 Å². The fourth-order valence-corrected chi connectivity index (χ4v) is 3.60. The van der Waals surface area contributed by atoms with Crippen LogP contribution in [0, 0.1) is 17.1 Å². The fraction of sp³-hybridized carbons (Fsp3) is 0.235. The number of benzene rings is 2. The molecule has 130 valence electrons. The van der Waals surface area contributed by atoms with Gasteiger partial charge in [0.05, 0.1) is 16.5 Å². The van der Waals surface area contributed by atoms with Crippen molar-refractivity contribution in [1.29, 1.82) is 5.26 Å². The monoisotopic (exact) mass is 362 g/mol. The second-order valence-corrected chi connectivity index (χ2v) is 7.53. The molecule has 1 aliphatic heterocycles. The van der Waals surface area contributed by atoms with Gasteiger partial charge in [0.1, 0.15) is 19.0 Å². The van der Waals surface area contributed by atoms with Gasteiger partial charge in [0.2, 0.25) is 10.0 Å². The number of hydrogen-bond donors (Lipinski definition) is 0. The Bertz CT molecular complexity index is 954. The molecule has 0 radical (unpaired) electrons. The zero-order valence-corrected chi connectivity index (χ0v) is 14.2. The lowest BCUT2D eigenvalue weighted by molar-refractivity contribution is 0.171. The Morgan fingerprint density at radius 3 is 2.56 bits per heavy atom. The molecule has 0 spiro atoms. The molecule has 0 saturated carbocycles. The van der Waals surface area contributed by atoms with Crippen molar-refractivity contribution in [3.05, 3.63) is 53.3 Å². The molecule has 8 heteroatoms. The summed E-state index contributed by atoms with van der Waals surface area (Å²) in [6.45, 7) is 0.605. The minimum atomic E-state index is -3.84. The summed E-state index contributed by atoms with van der Waals surface area (Å²) in [5.41, 5.74) is 0.362. The van der Waals surface area contributed by atoms with Gasteiger partial charge in [-0.25, -0.2) is 12.8 Å². The molecular weight excluding hydrogens is 347 g/mol. The van der Waals surface area contributed by atoms with Crippen LogP contribution in [0.4, 0.5) is 4.39 Å². The van der Waals surface area contributed by atoms with E-state index in [1.54, 1.807) is 0 Å². The lowest BCUT2D eigenvalue weighted by Crippen LogP contribution is -2.27. The zero-order valence-electron chi connectivity index (χ0n) is 13.4. The van der Waals surface area contributed by atoms with Crippen molar-refractivity contribution in [1.82, 2.24) is 4.31 Å². The molecular formula is C17H15FN2O4S. The van der Waals surface area contributed by atoms with Gasteiger partial charge in [0, 0.05) is 25.2 Å². The van der Waals surface area contributed by atoms with Crippen molar-refractivity contribution in [2.45, 2.75) is 11.4 Å². The van der Waals surface area contributed by atoms with E-state index < -0.39 is 15.8 Å². The first-order valence-electron chi connectivity index (χ1n) is 7.46. The molecule has 1 heterocycles. The number of nitriles is 1. The van der Waals surface area contributed by atoms with E-state index in [2.05, 4.69) is 0 Å². The third kappa shape index (κ3) is 3.43. The molecule has 0 saturated heterocycles. The first-order valence-corrected chi connectivity index (χ1v) is 8.90. The molecule has 0 aromatic heterocycles. The largest absolute Gasteiger partial charge is 0.486 e. The van der Waals surface area contributed by atoms with E-state index in [4.69, 9.17) is 14.7 Å². The van der Waals surface area contributed by atoms with Gasteiger partial charge >= 0.3 is 0 Å². The first kappa shape index (κ1) is 17.2. The Kier molecular flexibility index (Phi) is 4.61. The highest BCUT2D eigenvalue weighted by Gasteiger charge is 2.24. The number of rotatable bonds is 4. The van der Waals surface area contributed by atoms with Crippen molar-refractivity contribution in [2.75, 3.05) is 20.3 Å². The molecule has 2 aromatic carbocycles. The quantitative estimate of drug-likeness (QED) is 0.834. The highest BCUT2D eigenvalue weighted by Crippen LogP contribution is 2.33. The Morgan fingerprint density at radius 2 is 1.88 bits per heavy atom. The molecule has 2 aromatic rings. The average molecular weight is 362 g/mol. The Labute approximate surface area is 145 Å². The third-order valence-corrected chi connectivity index (χ3v) is 5.60. The van der Waals surface area contributed by atoms with E-state index in [9.17, 15) is 12.8 Å². The van der Waals surface area contributed by atoms with E-state index >= 15 is 0 Å². The van der Waals surface area contributed by atoms with Gasteiger partial charge in [-0.1, -0.05) is 6.07 Å². The Morgan fingerprint density at radius 1 is 1.16 bits per heavy atom. The van der Waals surface area contributed by atoms with E-state index in [-0.39, 0.29) is 22.6 Å². The maximum Gasteiger partial charge on any atom is 0.243 e. The van der Waals surface area contributed by atoms with Crippen LogP contribution in [0.1, 0.15) is 11.1 Å². The van der Waals surface area contributed by atoms with E-state index in [0.717, 1.165) is 10.4 Å². The summed E-state index contributed by atoms with van der Waals surface area (Å²) in [6.07, 6.45) is 0. The number of hydrogen-bond acceptors (Lipinski definition) is 5. The molecule has 0 N–H and O–H groups in total. The summed E-state index contributed by atoms with van der Waals surface area (Å²) in [7, 11) is -2.47. The van der Waals surface area contributed by atoms with Crippen molar-refractivity contribution < 1.29 is 22.3 Å². The molecule has 25 heavy (non-hydrogen) atoms. The van der Waals surface area contributed by atoms with E-state index in [1.165, 1.54) is 37.4 Å². The third-order valence-electron chi connectivity index (χ3n) is 3.80. The molecule has 6 nitrogen and oxygen atoms in total. The predicted molar refractivity (Wildman–Crippen MR) is 87.2 cm³/mol. The van der Waals surface area contributed by atoms with Gasteiger partial charge in [0.15, 0.2) is 11.5 Å². The molecule has 0 fully saturated rings. The normalized spacial score (nSPS) is 13.5. The van der Waals surface area contributed by atoms with Crippen LogP contribution in [0.2, 0.25) is 0 Å². The van der Waals surface area contributed by atoms with Gasteiger partial charge in [-0.2, -0.15) is 9.57 Å². The second kappa shape index (κ2) is 6.70. The van der Waals surface area contributed by atoms with Crippen LogP contribution in [0.3, 0.4) is 0 Å². The van der Waals surface area contributed by atoms with Crippen LogP contribution >= 0.6 is 0 Å². The topological polar surface area (TPSA) is 79.6 Å². The maximum absolute atomic E-state index is 14.0. The van der Waals surface area contributed by atoms with Gasteiger partial charge < -0.3 is 9.47 Å². The van der Waals surface area contributed by atoms with E-state index in [0.29, 0.717) is 24.7 Å². The Balaban J connectivity index is 1.86. The summed E-state index contributed by atoms with van der Waals surface area (Å²) in [6, 6.07) is 10.1. The molecule has 0 atom stereocenters. The van der Waals surface area contributed by atoms with Crippen LogP contribution in [-0.2, 0) is 16.6 Å². The summed E-state index contributed by atoms with van der Waals surface area (Å²) in [5, 5.41) is 8.76. The molecule has 0 amide bonds. The van der Waals surface area contributed by atoms with Crippen molar-refractivity contribution in [3.8, 4) is 17.6 Å². The summed E-state index contributed by atoms with van der Waals surface area (Å²) < 4.78 is 51.3. The number of halogens is 1. The van der Waals surface area contributed by atoms with Crippen molar-refractivity contribution >= 4 is 10.0 Å². The minimum absolute atomic E-state index is 0.0355. The van der Waals surface area contributed by atoms with Gasteiger partial charge in [-0.3, -0.25) is 0 Å². The number of nitrogens with zero attached hydrogens (tertiary/aromatic N) is 2. The van der Waals surface area contributed by atoms with Crippen LogP contribution in [0.15, 0.2) is 41.3 Å². The van der Waals surface area contributed by atoms with Crippen molar-refractivity contribution in [2.24, 2.45) is 0 Å². The predicted octanol–water partition coefficient (Wildman–Crippen LogP) is 2.29. The summed E-state index contributed by atoms with van der Waals surface area (Å²) >= 11 is 0. The Hall–Kier alpha value is -2.63. The first-order chi connectivity index (χ1) is 11.9. The summed E-state index contributed by atoms with van der Waals surface area (Å²) in [5.74, 6) is 0.236. The molecule has 0 bridgehead atoms. The molecule has 0 aliphatic carbocycles. The maximum atomic E-state index is 14.0. The molecule has 3 rings (SSSR count). The standard InChI is InChI=1S/C17H15FN2O4S/c1-20(11-13-3-2-12(10-19)8-15(13)18)25(21,22)14-4-5-16-17(9-14)24-7-6-23-16/h2-5,8-9H,6-7,11H2,1H3. The van der Waals surface area contributed by atoms with Crippen LogP contribution in [-0.4, -0.2) is 33.0 Å². The highest BCUT2D eigenvalue weighted by molar-refractivity contribution is 7.89. The van der Waals surface area contributed by atoms with Gasteiger partial charge in [0.25, 0.3) is 0 Å². The van der Waals surface area contributed by atoms with Crippen LogP contribution in [0.5, 0.6) is 11.5 Å². The number of fused-ring (bicyclic) bond motifs is 1. The number of sulfonamides is 1. The fourth-order valence-electron chi connectivity index (χ4n) is 2.43. The van der Waals surface area contributed by atoms with Gasteiger partial charge in [-0.05, 0) is 24.3 Å². The minimum Gasteiger partial charge on any atom is -0.486 e. The molecule has 1 aliphatic rings. The molecule has 0 unspecified atom stereocenters. The van der Waals surface area contributed by atoms with E-state index in [1.807, 2.05) is 6.07 Å². The average Bonchev–Trinajstić information content (AvgIpc) is 2.62. The van der Waals surface area contributed by atoms with Crippen LogP contribution < -0.4 is 9.47 Å². The zero-order chi connectivity index (χ0) is 18.0. The lowest BCUT2D eigenvalue weighted by Gasteiger charge is -2.21. The summed E-state index contributed by atoms with van der Waals surface area (Å²) in [4.78, 5) is 0.0355. The SMILES string of the molecule is CN(Cc1ccc(C#N)cc1F)S(=O)(=O)c1ccc2c(c1)OCCO2.